The summed E-state index contributed by atoms with van der Waals surface area (Å²) in [4.78, 5) is 16.1. The lowest BCUT2D eigenvalue weighted by Crippen LogP contribution is -2.46. The summed E-state index contributed by atoms with van der Waals surface area (Å²) < 4.78 is 5.27. The maximum Gasteiger partial charge on any atom is 0.335 e. The van der Waals surface area contributed by atoms with Gasteiger partial charge in [-0.15, -0.1) is 0 Å². The van der Waals surface area contributed by atoms with Gasteiger partial charge >= 0.3 is 5.97 Å². The summed E-state index contributed by atoms with van der Waals surface area (Å²) in [6.07, 6.45) is 0. The monoisotopic (exact) mass is 340 g/mol. The average molecular weight is 340 g/mol. The molecule has 1 aliphatic rings. The zero-order chi connectivity index (χ0) is 17.8. The van der Waals surface area contributed by atoms with E-state index in [1.54, 1.807) is 19.2 Å². The molecule has 2 aromatic rings. The highest BCUT2D eigenvalue weighted by Crippen LogP contribution is 2.31. The lowest BCUT2D eigenvalue weighted by Gasteiger charge is -2.38. The van der Waals surface area contributed by atoms with Gasteiger partial charge in [-0.3, -0.25) is 4.90 Å². The van der Waals surface area contributed by atoms with Gasteiger partial charge < -0.3 is 14.7 Å². The Morgan fingerprint density at radius 2 is 1.72 bits per heavy atom. The van der Waals surface area contributed by atoms with Crippen molar-refractivity contribution in [1.82, 2.24) is 9.80 Å². The Bertz CT molecular complexity index is 722. The number of carboxylic acid groups (broad SMARTS) is 1. The van der Waals surface area contributed by atoms with Crippen molar-refractivity contribution in [2.45, 2.75) is 6.04 Å². The maximum absolute atomic E-state index is 11.4. The molecule has 1 heterocycles. The van der Waals surface area contributed by atoms with Crippen LogP contribution >= 0.6 is 0 Å². The molecule has 5 nitrogen and oxygen atoms in total. The summed E-state index contributed by atoms with van der Waals surface area (Å²) >= 11 is 0. The van der Waals surface area contributed by atoms with Crippen LogP contribution in [0.15, 0.2) is 48.5 Å². The fourth-order valence-electron chi connectivity index (χ4n) is 3.32. The van der Waals surface area contributed by atoms with Crippen LogP contribution in [0.4, 0.5) is 0 Å². The second kappa shape index (κ2) is 7.68. The van der Waals surface area contributed by atoms with Crippen LogP contribution in [-0.4, -0.2) is 61.2 Å². The van der Waals surface area contributed by atoms with E-state index in [2.05, 4.69) is 29.0 Å². The second-order valence-electron chi connectivity index (χ2n) is 6.45. The molecule has 1 saturated heterocycles. The molecule has 0 bridgehead atoms. The number of ether oxygens (including phenoxy) is 1. The fraction of sp³-hybridized carbons (Fsp3) is 0.350. The summed E-state index contributed by atoms with van der Waals surface area (Å²) in [6, 6.07) is 15.4. The van der Waals surface area contributed by atoms with E-state index in [-0.39, 0.29) is 6.04 Å². The zero-order valence-corrected chi connectivity index (χ0v) is 14.7. The van der Waals surface area contributed by atoms with Crippen molar-refractivity contribution in [2.24, 2.45) is 0 Å². The molecule has 1 fully saturated rings. The third-order valence-corrected chi connectivity index (χ3v) is 4.78. The molecule has 0 saturated carbocycles. The summed E-state index contributed by atoms with van der Waals surface area (Å²) in [7, 11) is 3.79. The van der Waals surface area contributed by atoms with E-state index in [0.717, 1.165) is 43.1 Å². The molecule has 1 N–H and O–H groups in total. The van der Waals surface area contributed by atoms with Gasteiger partial charge in [0.15, 0.2) is 0 Å². The lowest BCUT2D eigenvalue weighted by atomic mass is 9.95. The summed E-state index contributed by atoms with van der Waals surface area (Å²) in [6.45, 7) is 3.91. The quantitative estimate of drug-likeness (QED) is 0.907. The molecule has 0 aromatic heterocycles. The van der Waals surface area contributed by atoms with Crippen LogP contribution in [-0.2, 0) is 0 Å². The van der Waals surface area contributed by atoms with Crippen LogP contribution in [0.3, 0.4) is 0 Å². The van der Waals surface area contributed by atoms with Crippen molar-refractivity contribution in [3.8, 4) is 5.75 Å². The van der Waals surface area contributed by atoms with Crippen molar-refractivity contribution in [1.29, 1.82) is 0 Å². The molecule has 3 rings (SSSR count). The van der Waals surface area contributed by atoms with Crippen molar-refractivity contribution in [3.05, 3.63) is 65.2 Å². The van der Waals surface area contributed by atoms with Crippen LogP contribution in [0.25, 0.3) is 0 Å². The van der Waals surface area contributed by atoms with E-state index in [9.17, 15) is 9.90 Å². The van der Waals surface area contributed by atoms with Gasteiger partial charge in [-0.2, -0.15) is 0 Å². The first-order valence-corrected chi connectivity index (χ1v) is 8.48. The largest absolute Gasteiger partial charge is 0.497 e. The van der Waals surface area contributed by atoms with Gasteiger partial charge in [-0.25, -0.2) is 4.79 Å². The first kappa shape index (κ1) is 17.5. The van der Waals surface area contributed by atoms with Gasteiger partial charge in [-0.05, 0) is 42.4 Å². The molecule has 25 heavy (non-hydrogen) atoms. The molecule has 0 radical (unpaired) electrons. The molecule has 1 atom stereocenters. The number of piperazine rings is 1. The topological polar surface area (TPSA) is 53.0 Å². The van der Waals surface area contributed by atoms with Crippen molar-refractivity contribution in [3.63, 3.8) is 0 Å². The molecule has 0 amide bonds. The van der Waals surface area contributed by atoms with Crippen LogP contribution in [0, 0.1) is 0 Å². The molecule has 2 aromatic carbocycles. The Morgan fingerprint density at radius 3 is 2.32 bits per heavy atom. The smallest absolute Gasteiger partial charge is 0.335 e. The third kappa shape index (κ3) is 4.00. The van der Waals surface area contributed by atoms with Crippen LogP contribution in [0.5, 0.6) is 5.75 Å². The Labute approximate surface area is 148 Å². The minimum atomic E-state index is -0.895. The summed E-state index contributed by atoms with van der Waals surface area (Å²) in [5.41, 5.74) is 2.48. The predicted molar refractivity (Wildman–Crippen MR) is 97.3 cm³/mol. The summed E-state index contributed by atoms with van der Waals surface area (Å²) in [5.74, 6) is -0.0751. The Hall–Kier alpha value is -2.37. The molecule has 132 valence electrons. The highest BCUT2D eigenvalue weighted by Gasteiger charge is 2.26. The van der Waals surface area contributed by atoms with E-state index in [4.69, 9.17) is 4.74 Å². The number of hydrogen-bond acceptors (Lipinski definition) is 4. The highest BCUT2D eigenvalue weighted by atomic mass is 16.5. The molecule has 1 aliphatic heterocycles. The lowest BCUT2D eigenvalue weighted by molar-refractivity contribution is 0.0696. The number of methoxy groups -OCH3 is 1. The van der Waals surface area contributed by atoms with Crippen LogP contribution < -0.4 is 4.74 Å². The van der Waals surface area contributed by atoms with Gasteiger partial charge in [0.25, 0.3) is 0 Å². The third-order valence-electron chi connectivity index (χ3n) is 4.78. The van der Waals surface area contributed by atoms with E-state index >= 15 is 0 Å². The van der Waals surface area contributed by atoms with Gasteiger partial charge in [0.2, 0.25) is 0 Å². The second-order valence-corrected chi connectivity index (χ2v) is 6.45. The predicted octanol–water partition coefficient (Wildman–Crippen LogP) is 2.73. The Kier molecular flexibility index (Phi) is 5.36. The van der Waals surface area contributed by atoms with Crippen molar-refractivity contribution >= 4 is 5.97 Å². The molecular weight excluding hydrogens is 316 g/mol. The zero-order valence-electron chi connectivity index (χ0n) is 14.7. The van der Waals surface area contributed by atoms with Gasteiger partial charge in [0.1, 0.15) is 5.75 Å². The van der Waals surface area contributed by atoms with Crippen LogP contribution in [0.1, 0.15) is 27.5 Å². The summed E-state index contributed by atoms with van der Waals surface area (Å²) in [5, 5.41) is 9.34. The van der Waals surface area contributed by atoms with E-state index < -0.39 is 5.97 Å². The normalized spacial score (nSPS) is 17.2. The average Bonchev–Trinajstić information content (AvgIpc) is 2.64. The molecule has 1 unspecified atom stereocenters. The van der Waals surface area contributed by atoms with E-state index in [0.29, 0.717) is 5.56 Å². The number of aromatic carboxylic acids is 1. The molecular formula is C20H24N2O3. The standard InChI is InChI=1S/C20H24N2O3/c1-21-10-12-22(13-11-21)19(15-6-8-18(25-2)9-7-15)16-4-3-5-17(14-16)20(23)24/h3-9,14,19H,10-13H2,1-2H3,(H,23,24). The minimum absolute atomic E-state index is 0.0407. The Morgan fingerprint density at radius 1 is 1.04 bits per heavy atom. The number of benzene rings is 2. The fourth-order valence-corrected chi connectivity index (χ4v) is 3.32. The van der Waals surface area contributed by atoms with E-state index in [1.165, 1.54) is 0 Å². The number of likely N-dealkylation sites (N-methyl/N-ethyl adjacent to an activating group) is 1. The number of rotatable bonds is 5. The number of carboxylic acids is 1. The van der Waals surface area contributed by atoms with Crippen molar-refractivity contribution < 1.29 is 14.6 Å². The highest BCUT2D eigenvalue weighted by molar-refractivity contribution is 5.87. The van der Waals surface area contributed by atoms with Gasteiger partial charge in [0.05, 0.1) is 18.7 Å². The SMILES string of the molecule is COc1ccc(C(c2cccc(C(=O)O)c2)N2CCN(C)CC2)cc1. The van der Waals surface area contributed by atoms with Gasteiger partial charge in [0, 0.05) is 26.2 Å². The molecule has 0 spiro atoms. The number of nitrogens with zero attached hydrogens (tertiary/aromatic N) is 2. The maximum atomic E-state index is 11.4. The van der Waals surface area contributed by atoms with Gasteiger partial charge in [-0.1, -0.05) is 24.3 Å². The van der Waals surface area contributed by atoms with Crippen LogP contribution in [0.2, 0.25) is 0 Å². The Balaban J connectivity index is 1.98. The number of hydrogen-bond donors (Lipinski definition) is 1. The molecule has 0 aliphatic carbocycles. The number of carbonyl (C=O) groups is 1. The minimum Gasteiger partial charge on any atom is -0.497 e. The first-order valence-electron chi connectivity index (χ1n) is 8.48. The first-order chi connectivity index (χ1) is 12.1. The van der Waals surface area contributed by atoms with Crippen molar-refractivity contribution in [2.75, 3.05) is 40.3 Å². The van der Waals surface area contributed by atoms with E-state index in [1.807, 2.05) is 24.3 Å². The molecule has 5 heteroatoms.